The number of nitro groups is 1. The highest BCUT2D eigenvalue weighted by Crippen LogP contribution is 2.31. The van der Waals surface area contributed by atoms with Gasteiger partial charge in [-0.1, -0.05) is 25.1 Å². The van der Waals surface area contributed by atoms with Gasteiger partial charge in [-0.3, -0.25) is 25.8 Å². The number of piperazine rings is 1. The van der Waals surface area contributed by atoms with E-state index in [-0.39, 0.29) is 23.9 Å². The lowest BCUT2D eigenvalue weighted by molar-refractivity contribution is -0.383. The lowest BCUT2D eigenvalue weighted by Crippen LogP contribution is -2.46. The molecule has 2 N–H and O–H groups in total. The summed E-state index contributed by atoms with van der Waals surface area (Å²) >= 11 is 0. The van der Waals surface area contributed by atoms with Crippen molar-refractivity contribution in [2.24, 2.45) is 0 Å². The number of carbonyl (C=O) groups excluding carboxylic acids is 1. The number of likely N-dealkylation sites (N-methyl/N-ethyl adjacent to an activating group) is 1. The highest BCUT2D eigenvalue weighted by molar-refractivity contribution is 5.80. The van der Waals surface area contributed by atoms with E-state index in [1.54, 1.807) is 24.3 Å². The third-order valence-electron chi connectivity index (χ3n) is 4.54. The van der Waals surface area contributed by atoms with E-state index in [1.807, 2.05) is 11.0 Å². The van der Waals surface area contributed by atoms with Crippen LogP contribution in [0.2, 0.25) is 0 Å². The van der Waals surface area contributed by atoms with Gasteiger partial charge in [-0.15, -0.1) is 0 Å². The van der Waals surface area contributed by atoms with Crippen LogP contribution in [0.25, 0.3) is 0 Å². The number of hydrogen-bond acceptors (Lipinski definition) is 9. The van der Waals surface area contributed by atoms with Crippen molar-refractivity contribution >= 4 is 23.2 Å². The zero-order valence-corrected chi connectivity index (χ0v) is 16.1. The van der Waals surface area contributed by atoms with Gasteiger partial charge < -0.3 is 14.5 Å². The van der Waals surface area contributed by atoms with E-state index >= 15 is 0 Å². The minimum Gasteiger partial charge on any atom is -0.484 e. The molecule has 1 fully saturated rings. The fraction of sp³-hybridized carbons (Fsp3) is 0.389. The summed E-state index contributed by atoms with van der Waals surface area (Å²) in [4.78, 5) is 35.3. The highest BCUT2D eigenvalue weighted by atomic mass is 16.6. The number of nitrogens with zero attached hydrogens (tertiary/aromatic N) is 5. The quantitative estimate of drug-likeness (QED) is 0.493. The van der Waals surface area contributed by atoms with Crippen LogP contribution in [0.3, 0.4) is 0 Å². The summed E-state index contributed by atoms with van der Waals surface area (Å²) < 4.78 is 5.34. The molecule has 1 saturated heterocycles. The second kappa shape index (κ2) is 9.64. The molecule has 2 heterocycles. The van der Waals surface area contributed by atoms with Crippen molar-refractivity contribution in [1.82, 2.24) is 20.3 Å². The molecule has 0 unspecified atom stereocenters. The largest absolute Gasteiger partial charge is 0.484 e. The van der Waals surface area contributed by atoms with Crippen LogP contribution in [-0.2, 0) is 4.79 Å². The number of benzene rings is 1. The maximum atomic E-state index is 12.0. The molecule has 11 nitrogen and oxygen atoms in total. The lowest BCUT2D eigenvalue weighted by Gasteiger charge is -2.34. The predicted molar refractivity (Wildman–Crippen MR) is 107 cm³/mol. The first-order valence-electron chi connectivity index (χ1n) is 9.28. The number of rotatable bonds is 8. The first-order valence-corrected chi connectivity index (χ1v) is 9.28. The van der Waals surface area contributed by atoms with Crippen molar-refractivity contribution in [3.63, 3.8) is 0 Å². The lowest BCUT2D eigenvalue weighted by atomic mass is 10.3. The van der Waals surface area contributed by atoms with Crippen molar-refractivity contribution in [2.45, 2.75) is 6.92 Å². The van der Waals surface area contributed by atoms with Gasteiger partial charge in [0.05, 0.1) is 4.92 Å². The third kappa shape index (κ3) is 5.29. The molecule has 11 heteroatoms. The molecule has 0 saturated carbocycles. The SMILES string of the molecule is CCN1CCN(c2ncnc(NNC(=O)COc3ccccc3)c2[N+](=O)[O-])CC1. The van der Waals surface area contributed by atoms with E-state index in [2.05, 4.69) is 32.6 Å². The van der Waals surface area contributed by atoms with Gasteiger partial charge in [-0.2, -0.15) is 0 Å². The van der Waals surface area contributed by atoms with Gasteiger partial charge in [0, 0.05) is 26.2 Å². The Morgan fingerprint density at radius 3 is 2.59 bits per heavy atom. The molecule has 154 valence electrons. The molecular formula is C18H23N7O4. The molecule has 0 atom stereocenters. The standard InChI is InChI=1S/C18H23N7O4/c1-2-23-8-10-24(11-9-23)18-16(25(27)28)17(19-13-20-18)22-21-15(26)12-29-14-6-4-3-5-7-14/h3-7,13H,2,8-12H2,1H3,(H,21,26)(H,19,20,22). The maximum absolute atomic E-state index is 12.0. The Morgan fingerprint density at radius 2 is 1.93 bits per heavy atom. The Labute approximate surface area is 167 Å². The van der Waals surface area contributed by atoms with Crippen molar-refractivity contribution in [3.05, 3.63) is 46.8 Å². The van der Waals surface area contributed by atoms with E-state index in [9.17, 15) is 14.9 Å². The second-order valence-corrected chi connectivity index (χ2v) is 6.35. The fourth-order valence-electron chi connectivity index (χ4n) is 2.97. The first kappa shape index (κ1) is 20.3. The molecular weight excluding hydrogens is 378 g/mol. The second-order valence-electron chi connectivity index (χ2n) is 6.35. The molecule has 0 bridgehead atoms. The topological polar surface area (TPSA) is 126 Å². The van der Waals surface area contributed by atoms with Gasteiger partial charge >= 0.3 is 5.69 Å². The molecule has 1 aliphatic rings. The first-order chi connectivity index (χ1) is 14.1. The molecule has 0 spiro atoms. The zero-order chi connectivity index (χ0) is 20.6. The van der Waals surface area contributed by atoms with Crippen LogP contribution in [0.5, 0.6) is 5.75 Å². The summed E-state index contributed by atoms with van der Waals surface area (Å²) in [6.07, 6.45) is 1.24. The Kier molecular flexibility index (Phi) is 6.74. The number of hydrazine groups is 1. The van der Waals surface area contributed by atoms with Crippen LogP contribution in [-0.4, -0.2) is 65.0 Å². The monoisotopic (exact) mass is 401 g/mol. The Bertz CT molecular complexity index is 841. The molecule has 1 aliphatic heterocycles. The summed E-state index contributed by atoms with van der Waals surface area (Å²) in [6.45, 7) is 5.62. The van der Waals surface area contributed by atoms with E-state index < -0.39 is 10.8 Å². The normalized spacial score (nSPS) is 14.3. The smallest absolute Gasteiger partial charge is 0.355 e. The van der Waals surface area contributed by atoms with Gasteiger partial charge in [0.2, 0.25) is 11.6 Å². The number of amides is 1. The maximum Gasteiger partial charge on any atom is 0.355 e. The molecule has 0 aliphatic carbocycles. The Balaban J connectivity index is 1.64. The number of anilines is 2. The fourth-order valence-corrected chi connectivity index (χ4v) is 2.97. The number of para-hydroxylation sites is 1. The predicted octanol–water partition coefficient (Wildman–Crippen LogP) is 1.05. The third-order valence-corrected chi connectivity index (χ3v) is 4.54. The summed E-state index contributed by atoms with van der Waals surface area (Å²) in [5.41, 5.74) is 4.62. The van der Waals surface area contributed by atoms with Crippen LogP contribution < -0.4 is 20.5 Å². The van der Waals surface area contributed by atoms with E-state index in [1.165, 1.54) is 6.33 Å². The summed E-state index contributed by atoms with van der Waals surface area (Å²) in [7, 11) is 0. The van der Waals surface area contributed by atoms with Crippen LogP contribution >= 0.6 is 0 Å². The summed E-state index contributed by atoms with van der Waals surface area (Å²) in [6, 6.07) is 8.86. The Hall–Kier alpha value is -3.47. The van der Waals surface area contributed by atoms with Crippen LogP contribution in [0.15, 0.2) is 36.7 Å². The van der Waals surface area contributed by atoms with E-state index in [4.69, 9.17) is 4.74 Å². The molecule has 1 amide bonds. The van der Waals surface area contributed by atoms with E-state index in [0.717, 1.165) is 19.6 Å². The van der Waals surface area contributed by atoms with Crippen molar-refractivity contribution in [1.29, 1.82) is 0 Å². The van der Waals surface area contributed by atoms with Crippen LogP contribution in [0.1, 0.15) is 6.92 Å². The molecule has 3 rings (SSSR count). The highest BCUT2D eigenvalue weighted by Gasteiger charge is 2.29. The summed E-state index contributed by atoms with van der Waals surface area (Å²) in [5.74, 6) is 0.202. The number of carbonyl (C=O) groups is 1. The molecule has 1 aromatic heterocycles. The average Bonchev–Trinajstić information content (AvgIpc) is 2.76. The number of nitrogens with one attached hydrogen (secondary N) is 2. The molecule has 1 aromatic carbocycles. The van der Waals surface area contributed by atoms with Crippen LogP contribution in [0.4, 0.5) is 17.3 Å². The number of aromatic nitrogens is 2. The minimum atomic E-state index is -0.545. The van der Waals surface area contributed by atoms with Gasteiger partial charge in [-0.25, -0.2) is 9.97 Å². The van der Waals surface area contributed by atoms with Gasteiger partial charge in [0.1, 0.15) is 12.1 Å². The van der Waals surface area contributed by atoms with Crippen LogP contribution in [0, 0.1) is 10.1 Å². The summed E-state index contributed by atoms with van der Waals surface area (Å²) in [5, 5.41) is 11.7. The average molecular weight is 401 g/mol. The minimum absolute atomic E-state index is 0.0778. The Morgan fingerprint density at radius 1 is 1.21 bits per heavy atom. The number of ether oxygens (including phenoxy) is 1. The van der Waals surface area contributed by atoms with Gasteiger partial charge in [-0.05, 0) is 18.7 Å². The molecule has 29 heavy (non-hydrogen) atoms. The number of hydrogen-bond donors (Lipinski definition) is 2. The van der Waals surface area contributed by atoms with E-state index in [0.29, 0.717) is 18.8 Å². The zero-order valence-electron chi connectivity index (χ0n) is 16.1. The van der Waals surface area contributed by atoms with Crippen molar-refractivity contribution in [2.75, 3.05) is 49.7 Å². The van der Waals surface area contributed by atoms with Crippen molar-refractivity contribution < 1.29 is 14.5 Å². The van der Waals surface area contributed by atoms with Gasteiger partial charge in [0.15, 0.2) is 6.61 Å². The van der Waals surface area contributed by atoms with Crippen molar-refractivity contribution in [3.8, 4) is 5.75 Å². The van der Waals surface area contributed by atoms with Gasteiger partial charge in [0.25, 0.3) is 5.91 Å². The molecule has 2 aromatic rings. The molecule has 0 radical (unpaired) electrons.